The average Bonchev–Trinajstić information content (AvgIpc) is 2.78. The summed E-state index contributed by atoms with van der Waals surface area (Å²) >= 11 is 0. The van der Waals surface area contributed by atoms with Gasteiger partial charge in [-0.25, -0.2) is 0 Å². The second-order valence-corrected chi connectivity index (χ2v) is 6.15. The fourth-order valence-electron chi connectivity index (χ4n) is 2.82. The minimum Gasteiger partial charge on any atom is -0.379 e. The molecule has 1 unspecified atom stereocenters. The number of hydrogen-bond donors (Lipinski definition) is 1. The number of methoxy groups -OCH3 is 1. The van der Waals surface area contributed by atoms with Crippen LogP contribution in [0.4, 0.5) is 0 Å². The Balaban J connectivity index is 2.42. The largest absolute Gasteiger partial charge is 0.379 e. The van der Waals surface area contributed by atoms with Gasteiger partial charge in [0.25, 0.3) is 0 Å². The Bertz CT molecular complexity index is 212. The molecule has 1 saturated carbocycles. The van der Waals surface area contributed by atoms with Crippen LogP contribution in [0, 0.1) is 5.92 Å². The van der Waals surface area contributed by atoms with Gasteiger partial charge in [0.05, 0.1) is 5.60 Å². The quantitative estimate of drug-likeness (QED) is 0.744. The first-order valence-corrected chi connectivity index (χ1v) is 6.94. The molecule has 0 amide bonds. The molecular formula is C14H30N2O. The van der Waals surface area contributed by atoms with Crippen molar-refractivity contribution in [2.45, 2.75) is 57.6 Å². The number of hydrogen-bond acceptors (Lipinski definition) is 3. The van der Waals surface area contributed by atoms with E-state index in [0.29, 0.717) is 6.04 Å². The third-order valence-corrected chi connectivity index (χ3v) is 4.20. The first kappa shape index (κ1) is 14.9. The van der Waals surface area contributed by atoms with Crippen LogP contribution < -0.4 is 5.73 Å². The van der Waals surface area contributed by atoms with Crippen molar-refractivity contribution in [3.63, 3.8) is 0 Å². The molecule has 0 aromatic heterocycles. The van der Waals surface area contributed by atoms with Gasteiger partial charge >= 0.3 is 0 Å². The number of likely N-dealkylation sites (N-methyl/N-ethyl adjacent to an activating group) is 1. The number of ether oxygens (including phenoxy) is 1. The number of rotatable bonds is 7. The van der Waals surface area contributed by atoms with Gasteiger partial charge in [0.15, 0.2) is 0 Å². The highest BCUT2D eigenvalue weighted by molar-refractivity contribution is 4.82. The predicted molar refractivity (Wildman–Crippen MR) is 73.1 cm³/mol. The fourth-order valence-corrected chi connectivity index (χ4v) is 2.82. The van der Waals surface area contributed by atoms with Gasteiger partial charge in [-0.2, -0.15) is 0 Å². The van der Waals surface area contributed by atoms with E-state index in [1.165, 1.54) is 32.2 Å². The first-order chi connectivity index (χ1) is 7.98. The third kappa shape index (κ3) is 4.94. The van der Waals surface area contributed by atoms with Gasteiger partial charge in [0, 0.05) is 26.2 Å². The lowest BCUT2D eigenvalue weighted by Gasteiger charge is -2.34. The zero-order chi connectivity index (χ0) is 12.9. The standard InChI is InChI=1S/C14H30N2O/c1-14(2,17-4)9-13(10-15)16(3)11-12-7-5-6-8-12/h12-13H,5-11,15H2,1-4H3. The topological polar surface area (TPSA) is 38.5 Å². The van der Waals surface area contributed by atoms with Crippen LogP contribution in [0.15, 0.2) is 0 Å². The molecule has 1 aliphatic rings. The van der Waals surface area contributed by atoms with Crippen LogP contribution in [0.3, 0.4) is 0 Å². The summed E-state index contributed by atoms with van der Waals surface area (Å²) in [5.41, 5.74) is 5.84. The first-order valence-electron chi connectivity index (χ1n) is 6.94. The molecule has 0 bridgehead atoms. The van der Waals surface area contributed by atoms with Crippen LogP contribution in [0.5, 0.6) is 0 Å². The van der Waals surface area contributed by atoms with Crippen LogP contribution in [0.2, 0.25) is 0 Å². The molecule has 102 valence electrons. The van der Waals surface area contributed by atoms with E-state index in [9.17, 15) is 0 Å². The normalized spacial score (nSPS) is 20.1. The Kier molecular flexibility index (Phi) is 5.90. The molecule has 1 fully saturated rings. The highest BCUT2D eigenvalue weighted by atomic mass is 16.5. The van der Waals surface area contributed by atoms with E-state index in [0.717, 1.165) is 18.9 Å². The van der Waals surface area contributed by atoms with Gasteiger partial charge in [-0.1, -0.05) is 12.8 Å². The summed E-state index contributed by atoms with van der Waals surface area (Å²) in [7, 11) is 3.99. The molecule has 1 aliphatic carbocycles. The summed E-state index contributed by atoms with van der Waals surface area (Å²) < 4.78 is 5.51. The smallest absolute Gasteiger partial charge is 0.0638 e. The van der Waals surface area contributed by atoms with Crippen molar-refractivity contribution in [3.05, 3.63) is 0 Å². The van der Waals surface area contributed by atoms with Crippen molar-refractivity contribution in [1.29, 1.82) is 0 Å². The monoisotopic (exact) mass is 242 g/mol. The highest BCUT2D eigenvalue weighted by Gasteiger charge is 2.26. The lowest BCUT2D eigenvalue weighted by Crippen LogP contribution is -2.44. The maximum absolute atomic E-state index is 5.91. The van der Waals surface area contributed by atoms with E-state index in [1.807, 2.05) is 0 Å². The Morgan fingerprint density at radius 1 is 1.35 bits per heavy atom. The predicted octanol–water partition coefficient (Wildman–Crippen LogP) is 2.25. The Labute approximate surface area is 107 Å². The van der Waals surface area contributed by atoms with Crippen molar-refractivity contribution in [2.75, 3.05) is 27.2 Å². The van der Waals surface area contributed by atoms with Gasteiger partial charge in [0.1, 0.15) is 0 Å². The third-order valence-electron chi connectivity index (χ3n) is 4.20. The number of nitrogens with zero attached hydrogens (tertiary/aromatic N) is 1. The molecule has 0 aliphatic heterocycles. The van der Waals surface area contributed by atoms with E-state index in [1.54, 1.807) is 7.11 Å². The molecule has 0 aromatic carbocycles. The molecule has 17 heavy (non-hydrogen) atoms. The molecule has 1 atom stereocenters. The van der Waals surface area contributed by atoms with Crippen LogP contribution in [0.1, 0.15) is 46.0 Å². The molecule has 2 N–H and O–H groups in total. The van der Waals surface area contributed by atoms with Gasteiger partial charge in [-0.15, -0.1) is 0 Å². The van der Waals surface area contributed by atoms with Crippen LogP contribution in [-0.4, -0.2) is 43.8 Å². The SMILES string of the molecule is COC(C)(C)CC(CN)N(C)CC1CCCC1. The molecule has 0 spiro atoms. The van der Waals surface area contributed by atoms with Crippen molar-refractivity contribution < 1.29 is 4.74 Å². The van der Waals surface area contributed by atoms with Crippen molar-refractivity contribution in [3.8, 4) is 0 Å². The van der Waals surface area contributed by atoms with Gasteiger partial charge in [-0.05, 0) is 46.1 Å². The minimum absolute atomic E-state index is 0.0754. The lowest BCUT2D eigenvalue weighted by atomic mass is 9.97. The van der Waals surface area contributed by atoms with E-state index >= 15 is 0 Å². The van der Waals surface area contributed by atoms with Crippen molar-refractivity contribution >= 4 is 0 Å². The Hall–Kier alpha value is -0.120. The second-order valence-electron chi connectivity index (χ2n) is 6.15. The Morgan fingerprint density at radius 2 is 1.94 bits per heavy atom. The maximum Gasteiger partial charge on any atom is 0.0638 e. The van der Waals surface area contributed by atoms with Crippen LogP contribution in [0.25, 0.3) is 0 Å². The van der Waals surface area contributed by atoms with E-state index < -0.39 is 0 Å². The molecule has 1 rings (SSSR count). The summed E-state index contributed by atoms with van der Waals surface area (Å²) in [6, 6.07) is 0.436. The minimum atomic E-state index is -0.0754. The maximum atomic E-state index is 5.91. The summed E-state index contributed by atoms with van der Waals surface area (Å²) in [4.78, 5) is 2.44. The van der Waals surface area contributed by atoms with Crippen LogP contribution >= 0.6 is 0 Å². The fraction of sp³-hybridized carbons (Fsp3) is 1.00. The summed E-state index contributed by atoms with van der Waals surface area (Å²) in [5.74, 6) is 0.889. The van der Waals surface area contributed by atoms with Gasteiger partial charge in [0.2, 0.25) is 0 Å². The van der Waals surface area contributed by atoms with E-state index in [2.05, 4.69) is 25.8 Å². The second kappa shape index (κ2) is 6.72. The van der Waals surface area contributed by atoms with Crippen molar-refractivity contribution in [2.24, 2.45) is 11.7 Å². The lowest BCUT2D eigenvalue weighted by molar-refractivity contribution is -0.00593. The summed E-state index contributed by atoms with van der Waals surface area (Å²) in [6.07, 6.45) is 6.62. The molecule has 0 heterocycles. The molecule has 3 heteroatoms. The van der Waals surface area contributed by atoms with E-state index in [-0.39, 0.29) is 5.60 Å². The van der Waals surface area contributed by atoms with Crippen molar-refractivity contribution in [1.82, 2.24) is 4.90 Å². The van der Waals surface area contributed by atoms with Gasteiger partial charge in [-0.3, -0.25) is 0 Å². The van der Waals surface area contributed by atoms with Crippen LogP contribution in [-0.2, 0) is 4.74 Å². The summed E-state index contributed by atoms with van der Waals surface area (Å²) in [6.45, 7) is 6.19. The summed E-state index contributed by atoms with van der Waals surface area (Å²) in [5, 5.41) is 0. The molecule has 0 saturated heterocycles. The van der Waals surface area contributed by atoms with E-state index in [4.69, 9.17) is 10.5 Å². The molecule has 3 nitrogen and oxygen atoms in total. The molecular weight excluding hydrogens is 212 g/mol. The molecule has 0 aromatic rings. The molecule has 0 radical (unpaired) electrons. The number of nitrogens with two attached hydrogens (primary N) is 1. The van der Waals surface area contributed by atoms with Gasteiger partial charge < -0.3 is 15.4 Å². The zero-order valence-electron chi connectivity index (χ0n) is 12.0. The Morgan fingerprint density at radius 3 is 2.41 bits per heavy atom. The highest BCUT2D eigenvalue weighted by Crippen LogP contribution is 2.26. The average molecular weight is 242 g/mol. The zero-order valence-corrected chi connectivity index (χ0v) is 12.0.